The van der Waals surface area contributed by atoms with Gasteiger partial charge in [0, 0.05) is 19.3 Å². The van der Waals surface area contributed by atoms with E-state index >= 15 is 0 Å². The van der Waals surface area contributed by atoms with E-state index in [2.05, 4.69) is 17.3 Å². The van der Waals surface area contributed by atoms with Crippen molar-refractivity contribution >= 4 is 17.5 Å². The van der Waals surface area contributed by atoms with Crippen molar-refractivity contribution in [2.75, 3.05) is 6.54 Å². The van der Waals surface area contributed by atoms with Gasteiger partial charge in [-0.25, -0.2) is 0 Å². The molecular weight excluding hydrogens is 214 g/mol. The number of halogens is 1. The largest absolute Gasteiger partial charge is 0.351 e. The van der Waals surface area contributed by atoms with Crippen LogP contribution >= 0.6 is 11.6 Å². The van der Waals surface area contributed by atoms with Crippen LogP contribution in [0.3, 0.4) is 0 Å². The van der Waals surface area contributed by atoms with Crippen molar-refractivity contribution in [3.8, 4) is 0 Å². The van der Waals surface area contributed by atoms with Crippen LogP contribution in [0.5, 0.6) is 0 Å². The number of carbonyl (C=O) groups excluding carboxylic acids is 1. The van der Waals surface area contributed by atoms with Crippen molar-refractivity contribution in [1.82, 2.24) is 15.1 Å². The van der Waals surface area contributed by atoms with Crippen LogP contribution in [0.15, 0.2) is 6.20 Å². The van der Waals surface area contributed by atoms with E-state index in [4.69, 9.17) is 11.6 Å². The normalized spacial score (nSPS) is 10.3. The zero-order chi connectivity index (χ0) is 11.3. The third kappa shape index (κ3) is 3.23. The van der Waals surface area contributed by atoms with Crippen molar-refractivity contribution in [3.05, 3.63) is 16.9 Å². The summed E-state index contributed by atoms with van der Waals surface area (Å²) in [4.78, 5) is 11.6. The Balaban J connectivity index is 2.60. The molecular formula is C10H16ClN3O. The Hall–Kier alpha value is -1.03. The lowest BCUT2D eigenvalue weighted by Crippen LogP contribution is -2.25. The third-order valence-electron chi connectivity index (χ3n) is 2.07. The van der Waals surface area contributed by atoms with Gasteiger partial charge >= 0.3 is 0 Å². The Bertz CT molecular complexity index is 335. The second-order valence-corrected chi connectivity index (χ2v) is 3.70. The Morgan fingerprint density at radius 1 is 1.60 bits per heavy atom. The Morgan fingerprint density at radius 3 is 2.87 bits per heavy atom. The van der Waals surface area contributed by atoms with Crippen LogP contribution in [0.4, 0.5) is 0 Å². The number of unbranched alkanes of at least 4 members (excludes halogenated alkanes) is 1. The molecule has 15 heavy (non-hydrogen) atoms. The number of carbonyl (C=O) groups is 1. The maximum absolute atomic E-state index is 11.6. The molecule has 0 aliphatic heterocycles. The van der Waals surface area contributed by atoms with E-state index in [1.807, 2.05) is 6.92 Å². The second-order valence-electron chi connectivity index (χ2n) is 3.29. The molecule has 1 amide bonds. The number of amides is 1. The molecule has 4 nitrogen and oxygen atoms in total. The number of aryl methyl sites for hydroxylation is 1. The van der Waals surface area contributed by atoms with E-state index in [1.54, 1.807) is 10.9 Å². The summed E-state index contributed by atoms with van der Waals surface area (Å²) < 4.78 is 1.65. The topological polar surface area (TPSA) is 46.9 Å². The molecule has 1 rings (SSSR count). The highest BCUT2D eigenvalue weighted by molar-refractivity contribution is 6.33. The fourth-order valence-corrected chi connectivity index (χ4v) is 1.41. The first-order chi connectivity index (χ1) is 7.19. The Kier molecular flexibility index (Phi) is 4.62. The molecule has 0 aliphatic rings. The van der Waals surface area contributed by atoms with E-state index in [9.17, 15) is 4.79 Å². The zero-order valence-corrected chi connectivity index (χ0v) is 9.84. The van der Waals surface area contributed by atoms with E-state index in [1.165, 1.54) is 0 Å². The standard InChI is InChI=1S/C10H16ClN3O/c1-3-5-6-12-10(15)9-8(11)7-14(4-2)13-9/h7H,3-6H2,1-2H3,(H,12,15). The molecule has 0 unspecified atom stereocenters. The van der Waals surface area contributed by atoms with Crippen LogP contribution in [0.1, 0.15) is 37.2 Å². The van der Waals surface area contributed by atoms with Gasteiger partial charge in [0.05, 0.1) is 5.02 Å². The summed E-state index contributed by atoms with van der Waals surface area (Å²) in [6.45, 7) is 5.40. The summed E-state index contributed by atoms with van der Waals surface area (Å²) in [6.07, 6.45) is 3.69. The van der Waals surface area contributed by atoms with Crippen molar-refractivity contribution in [3.63, 3.8) is 0 Å². The molecule has 5 heteroatoms. The molecule has 84 valence electrons. The van der Waals surface area contributed by atoms with Gasteiger partial charge in [0.1, 0.15) is 0 Å². The number of rotatable bonds is 5. The fraction of sp³-hybridized carbons (Fsp3) is 0.600. The molecule has 0 spiro atoms. The highest BCUT2D eigenvalue weighted by Gasteiger charge is 2.14. The molecule has 1 heterocycles. The van der Waals surface area contributed by atoms with Gasteiger partial charge in [0.15, 0.2) is 5.69 Å². The fourth-order valence-electron chi connectivity index (χ4n) is 1.18. The number of nitrogens with zero attached hydrogens (tertiary/aromatic N) is 2. The summed E-state index contributed by atoms with van der Waals surface area (Å²) in [5, 5.41) is 7.27. The van der Waals surface area contributed by atoms with Gasteiger partial charge in [-0.3, -0.25) is 9.48 Å². The van der Waals surface area contributed by atoms with Crippen LogP contribution in [-0.4, -0.2) is 22.2 Å². The molecule has 0 saturated carbocycles. The van der Waals surface area contributed by atoms with Gasteiger partial charge in [-0.05, 0) is 13.3 Å². The molecule has 1 aromatic rings. The minimum atomic E-state index is -0.194. The number of hydrogen-bond acceptors (Lipinski definition) is 2. The van der Waals surface area contributed by atoms with Gasteiger partial charge in [-0.2, -0.15) is 5.10 Å². The quantitative estimate of drug-likeness (QED) is 0.786. The predicted octanol–water partition coefficient (Wildman–Crippen LogP) is 2.09. The van der Waals surface area contributed by atoms with E-state index in [-0.39, 0.29) is 5.91 Å². The molecule has 0 fully saturated rings. The van der Waals surface area contributed by atoms with Crippen molar-refractivity contribution in [2.24, 2.45) is 0 Å². The molecule has 0 atom stereocenters. The maximum Gasteiger partial charge on any atom is 0.273 e. The molecule has 1 N–H and O–H groups in total. The number of nitrogens with one attached hydrogen (secondary N) is 1. The minimum absolute atomic E-state index is 0.194. The first-order valence-electron chi connectivity index (χ1n) is 5.20. The lowest BCUT2D eigenvalue weighted by atomic mass is 10.3. The first kappa shape index (κ1) is 12.0. The molecule has 0 bridgehead atoms. The van der Waals surface area contributed by atoms with Gasteiger partial charge in [0.25, 0.3) is 5.91 Å². The third-order valence-corrected chi connectivity index (χ3v) is 2.35. The first-order valence-corrected chi connectivity index (χ1v) is 5.58. The van der Waals surface area contributed by atoms with E-state index in [0.29, 0.717) is 23.8 Å². The van der Waals surface area contributed by atoms with Crippen LogP contribution in [0, 0.1) is 0 Å². The summed E-state index contributed by atoms with van der Waals surface area (Å²) in [5.74, 6) is -0.194. The van der Waals surface area contributed by atoms with Gasteiger partial charge in [-0.1, -0.05) is 24.9 Å². The summed E-state index contributed by atoms with van der Waals surface area (Å²) in [7, 11) is 0. The molecule has 0 radical (unpaired) electrons. The van der Waals surface area contributed by atoms with Crippen LogP contribution in [0.25, 0.3) is 0 Å². The Labute approximate surface area is 94.6 Å². The predicted molar refractivity (Wildman–Crippen MR) is 60.2 cm³/mol. The average Bonchev–Trinajstić information content (AvgIpc) is 2.60. The van der Waals surface area contributed by atoms with E-state index in [0.717, 1.165) is 12.8 Å². The highest BCUT2D eigenvalue weighted by atomic mass is 35.5. The number of hydrogen-bond donors (Lipinski definition) is 1. The lowest BCUT2D eigenvalue weighted by Gasteiger charge is -2.01. The summed E-state index contributed by atoms with van der Waals surface area (Å²) in [6, 6.07) is 0. The van der Waals surface area contributed by atoms with Crippen molar-refractivity contribution < 1.29 is 4.79 Å². The average molecular weight is 230 g/mol. The molecule has 0 aliphatic carbocycles. The Morgan fingerprint density at radius 2 is 2.33 bits per heavy atom. The van der Waals surface area contributed by atoms with Crippen LogP contribution < -0.4 is 5.32 Å². The van der Waals surface area contributed by atoms with Gasteiger partial charge in [-0.15, -0.1) is 0 Å². The van der Waals surface area contributed by atoms with Gasteiger partial charge < -0.3 is 5.32 Å². The number of aromatic nitrogens is 2. The summed E-state index contributed by atoms with van der Waals surface area (Å²) in [5.41, 5.74) is 0.314. The second kappa shape index (κ2) is 5.75. The highest BCUT2D eigenvalue weighted by Crippen LogP contribution is 2.13. The van der Waals surface area contributed by atoms with Crippen LogP contribution in [-0.2, 0) is 6.54 Å². The SMILES string of the molecule is CCCCNC(=O)c1nn(CC)cc1Cl. The maximum atomic E-state index is 11.6. The monoisotopic (exact) mass is 229 g/mol. The molecule has 1 aromatic heterocycles. The summed E-state index contributed by atoms with van der Waals surface area (Å²) >= 11 is 5.89. The van der Waals surface area contributed by atoms with Gasteiger partial charge in [0.2, 0.25) is 0 Å². The van der Waals surface area contributed by atoms with Crippen LogP contribution in [0.2, 0.25) is 5.02 Å². The van der Waals surface area contributed by atoms with E-state index < -0.39 is 0 Å². The van der Waals surface area contributed by atoms with Crippen molar-refractivity contribution in [2.45, 2.75) is 33.2 Å². The van der Waals surface area contributed by atoms with Crippen molar-refractivity contribution in [1.29, 1.82) is 0 Å². The smallest absolute Gasteiger partial charge is 0.273 e. The minimum Gasteiger partial charge on any atom is -0.351 e. The zero-order valence-electron chi connectivity index (χ0n) is 9.09. The molecule has 0 saturated heterocycles. The lowest BCUT2D eigenvalue weighted by molar-refractivity contribution is 0.0947. The molecule has 0 aromatic carbocycles.